The first-order chi connectivity index (χ1) is 10.2. The Kier molecular flexibility index (Phi) is 5.40. The molecule has 4 heteroatoms. The normalized spacial score (nSPS) is 30.4. The number of hydrogen-bond acceptors (Lipinski definition) is 3. The van der Waals surface area contributed by atoms with Gasteiger partial charge in [-0.25, -0.2) is 0 Å². The number of nitrogens with one attached hydrogen (secondary N) is 1. The van der Waals surface area contributed by atoms with Gasteiger partial charge in [0.25, 0.3) is 0 Å². The van der Waals surface area contributed by atoms with Gasteiger partial charge in [-0.1, -0.05) is 12.8 Å². The summed E-state index contributed by atoms with van der Waals surface area (Å²) in [6, 6.07) is 10.4. The van der Waals surface area contributed by atoms with Crippen LogP contribution < -0.4 is 16.0 Å². The fourth-order valence-electron chi connectivity index (χ4n) is 3.67. The summed E-state index contributed by atoms with van der Waals surface area (Å²) in [4.78, 5) is 2.52. The third-order valence-electron chi connectivity index (χ3n) is 4.88. The Balaban J connectivity index is 1.59. The molecule has 3 N–H and O–H groups in total. The first-order valence-corrected chi connectivity index (χ1v) is 9.32. The molecule has 1 saturated heterocycles. The van der Waals surface area contributed by atoms with Crippen molar-refractivity contribution >= 4 is 28.3 Å². The zero-order valence-electron chi connectivity index (χ0n) is 12.6. The lowest BCUT2D eigenvalue weighted by Crippen LogP contribution is -2.55. The highest BCUT2D eigenvalue weighted by atomic mass is 127. The molecule has 1 aliphatic heterocycles. The summed E-state index contributed by atoms with van der Waals surface area (Å²) in [5.41, 5.74) is 7.64. The van der Waals surface area contributed by atoms with Crippen molar-refractivity contribution in [1.29, 1.82) is 0 Å². The quantitative estimate of drug-likeness (QED) is 0.768. The molecule has 3 atom stereocenters. The fourth-order valence-corrected chi connectivity index (χ4v) is 4.03. The molecular formula is C17H26IN3. The summed E-state index contributed by atoms with van der Waals surface area (Å²) >= 11 is 2.37. The number of benzene rings is 1. The second-order valence-corrected chi connectivity index (χ2v) is 7.73. The van der Waals surface area contributed by atoms with Crippen LogP contribution in [0.5, 0.6) is 0 Å². The molecule has 2 fully saturated rings. The number of rotatable bonds is 3. The fraction of sp³-hybridized carbons (Fsp3) is 0.647. The van der Waals surface area contributed by atoms with E-state index >= 15 is 0 Å². The molecule has 2 aliphatic rings. The number of piperidine rings is 1. The number of anilines is 1. The van der Waals surface area contributed by atoms with Gasteiger partial charge in [0.05, 0.1) is 0 Å². The van der Waals surface area contributed by atoms with Crippen LogP contribution in [0, 0.1) is 3.57 Å². The van der Waals surface area contributed by atoms with E-state index < -0.39 is 0 Å². The summed E-state index contributed by atoms with van der Waals surface area (Å²) in [7, 11) is 0. The molecule has 0 spiro atoms. The molecule has 0 radical (unpaired) electrons. The first-order valence-electron chi connectivity index (χ1n) is 8.24. The topological polar surface area (TPSA) is 41.3 Å². The number of nitrogens with two attached hydrogens (primary N) is 1. The molecule has 2 unspecified atom stereocenters. The van der Waals surface area contributed by atoms with Crippen LogP contribution in [0.2, 0.25) is 0 Å². The van der Waals surface area contributed by atoms with Crippen LogP contribution in [0.15, 0.2) is 24.3 Å². The van der Waals surface area contributed by atoms with E-state index in [1.54, 1.807) is 0 Å². The molecule has 21 heavy (non-hydrogen) atoms. The van der Waals surface area contributed by atoms with Crippen LogP contribution in [0.1, 0.15) is 38.5 Å². The van der Waals surface area contributed by atoms with Crippen LogP contribution in [-0.2, 0) is 0 Å². The maximum absolute atomic E-state index is 6.28. The monoisotopic (exact) mass is 399 g/mol. The van der Waals surface area contributed by atoms with Crippen molar-refractivity contribution in [2.75, 3.05) is 18.0 Å². The van der Waals surface area contributed by atoms with E-state index in [1.807, 2.05) is 0 Å². The Labute approximate surface area is 141 Å². The molecule has 1 aromatic rings. The third-order valence-corrected chi connectivity index (χ3v) is 5.60. The minimum atomic E-state index is 0.354. The van der Waals surface area contributed by atoms with E-state index in [2.05, 4.69) is 57.1 Å². The summed E-state index contributed by atoms with van der Waals surface area (Å²) in [5.74, 6) is 0. The smallest absolute Gasteiger partial charge is 0.0367 e. The zero-order valence-corrected chi connectivity index (χ0v) is 14.8. The third kappa shape index (κ3) is 4.11. The van der Waals surface area contributed by atoms with Gasteiger partial charge in [0.1, 0.15) is 0 Å². The van der Waals surface area contributed by atoms with Crippen LogP contribution in [0.4, 0.5) is 5.69 Å². The highest BCUT2D eigenvalue weighted by Gasteiger charge is 2.27. The van der Waals surface area contributed by atoms with Gasteiger partial charge in [0.2, 0.25) is 0 Å². The van der Waals surface area contributed by atoms with E-state index in [0.717, 1.165) is 6.54 Å². The van der Waals surface area contributed by atoms with Gasteiger partial charge >= 0.3 is 0 Å². The van der Waals surface area contributed by atoms with Crippen LogP contribution in [0.25, 0.3) is 0 Å². The molecule has 3 rings (SSSR count). The molecule has 1 aliphatic carbocycles. The lowest BCUT2D eigenvalue weighted by atomic mass is 9.89. The number of halogens is 1. The van der Waals surface area contributed by atoms with Crippen LogP contribution in [0.3, 0.4) is 0 Å². The average Bonchev–Trinajstić information content (AvgIpc) is 2.51. The molecule has 1 saturated carbocycles. The van der Waals surface area contributed by atoms with Crippen molar-refractivity contribution in [3.63, 3.8) is 0 Å². The highest BCUT2D eigenvalue weighted by molar-refractivity contribution is 14.1. The van der Waals surface area contributed by atoms with Crippen molar-refractivity contribution in [2.45, 2.75) is 56.7 Å². The van der Waals surface area contributed by atoms with Gasteiger partial charge in [0.15, 0.2) is 0 Å². The minimum absolute atomic E-state index is 0.354. The Morgan fingerprint density at radius 3 is 2.57 bits per heavy atom. The van der Waals surface area contributed by atoms with Crippen LogP contribution in [-0.4, -0.2) is 31.2 Å². The minimum Gasteiger partial charge on any atom is -0.370 e. The summed E-state index contributed by atoms with van der Waals surface area (Å²) in [6.45, 7) is 2.29. The Morgan fingerprint density at radius 1 is 1.05 bits per heavy atom. The molecule has 116 valence electrons. The van der Waals surface area contributed by atoms with Gasteiger partial charge in [0, 0.05) is 40.5 Å². The number of nitrogens with zero attached hydrogens (tertiary/aromatic N) is 1. The van der Waals surface area contributed by atoms with Gasteiger partial charge in [-0.05, 0) is 72.5 Å². The van der Waals surface area contributed by atoms with Crippen molar-refractivity contribution in [3.8, 4) is 0 Å². The Morgan fingerprint density at radius 2 is 1.81 bits per heavy atom. The SMILES string of the molecule is NC1CCCCC1N[C@H]1CCCN(c2ccc(I)cc2)C1. The van der Waals surface area contributed by atoms with Gasteiger partial charge in [-0.2, -0.15) is 0 Å². The molecule has 0 aromatic heterocycles. The molecular weight excluding hydrogens is 373 g/mol. The molecule has 3 nitrogen and oxygen atoms in total. The van der Waals surface area contributed by atoms with Crippen molar-refractivity contribution in [1.82, 2.24) is 5.32 Å². The van der Waals surface area contributed by atoms with E-state index in [9.17, 15) is 0 Å². The molecule has 0 bridgehead atoms. The summed E-state index contributed by atoms with van der Waals surface area (Å²) < 4.78 is 1.30. The van der Waals surface area contributed by atoms with Crippen molar-refractivity contribution in [2.24, 2.45) is 5.73 Å². The summed E-state index contributed by atoms with van der Waals surface area (Å²) in [6.07, 6.45) is 7.62. The summed E-state index contributed by atoms with van der Waals surface area (Å²) in [5, 5.41) is 3.85. The van der Waals surface area contributed by atoms with E-state index in [-0.39, 0.29) is 0 Å². The number of hydrogen-bond donors (Lipinski definition) is 2. The highest BCUT2D eigenvalue weighted by Crippen LogP contribution is 2.23. The van der Waals surface area contributed by atoms with Gasteiger partial charge in [-0.15, -0.1) is 0 Å². The Hall–Kier alpha value is -0.330. The largest absolute Gasteiger partial charge is 0.370 e. The van der Waals surface area contributed by atoms with Crippen LogP contribution >= 0.6 is 22.6 Å². The van der Waals surface area contributed by atoms with E-state index in [0.29, 0.717) is 18.1 Å². The van der Waals surface area contributed by atoms with Crippen molar-refractivity contribution < 1.29 is 0 Å². The lowest BCUT2D eigenvalue weighted by molar-refractivity contribution is 0.282. The van der Waals surface area contributed by atoms with Gasteiger partial charge < -0.3 is 16.0 Å². The lowest BCUT2D eigenvalue weighted by Gasteiger charge is -2.39. The van der Waals surface area contributed by atoms with E-state index in [4.69, 9.17) is 5.73 Å². The predicted octanol–water partition coefficient (Wildman–Crippen LogP) is 3.12. The molecule has 1 aromatic carbocycles. The predicted molar refractivity (Wildman–Crippen MR) is 97.8 cm³/mol. The second kappa shape index (κ2) is 7.29. The van der Waals surface area contributed by atoms with Gasteiger partial charge in [-0.3, -0.25) is 0 Å². The van der Waals surface area contributed by atoms with E-state index in [1.165, 1.54) is 54.3 Å². The average molecular weight is 399 g/mol. The first kappa shape index (κ1) is 15.6. The maximum atomic E-state index is 6.28. The maximum Gasteiger partial charge on any atom is 0.0367 e. The molecule has 0 amide bonds. The standard InChI is InChI=1S/C17H26IN3/c18-13-7-9-15(10-8-13)21-11-3-4-14(12-21)20-17-6-2-1-5-16(17)19/h7-10,14,16-17,20H,1-6,11-12,19H2/t14-,16?,17?/m0/s1. The zero-order chi connectivity index (χ0) is 14.7. The molecule has 1 heterocycles. The second-order valence-electron chi connectivity index (χ2n) is 6.48. The Bertz CT molecular complexity index is 448. The van der Waals surface area contributed by atoms with Crippen molar-refractivity contribution in [3.05, 3.63) is 27.8 Å².